The van der Waals surface area contributed by atoms with E-state index in [-0.39, 0.29) is 12.8 Å². The highest BCUT2D eigenvalue weighted by Crippen LogP contribution is 2.23. The van der Waals surface area contributed by atoms with Crippen molar-refractivity contribution in [2.24, 2.45) is 5.92 Å². The van der Waals surface area contributed by atoms with E-state index in [2.05, 4.69) is 9.97 Å². The van der Waals surface area contributed by atoms with Crippen molar-refractivity contribution in [1.82, 2.24) is 9.97 Å². The first kappa shape index (κ1) is 14.4. The van der Waals surface area contributed by atoms with Gasteiger partial charge in [0.05, 0.1) is 17.0 Å². The van der Waals surface area contributed by atoms with Gasteiger partial charge in [0, 0.05) is 12.2 Å². The van der Waals surface area contributed by atoms with Gasteiger partial charge in [-0.1, -0.05) is 23.9 Å². The van der Waals surface area contributed by atoms with E-state index >= 15 is 0 Å². The summed E-state index contributed by atoms with van der Waals surface area (Å²) in [5, 5.41) is 18.3. The van der Waals surface area contributed by atoms with Gasteiger partial charge in [0.15, 0.2) is 5.16 Å². The molecule has 3 N–H and O–H groups in total. The molecule has 2 aromatic rings. The van der Waals surface area contributed by atoms with Gasteiger partial charge in [0.1, 0.15) is 0 Å². The molecule has 1 atom stereocenters. The largest absolute Gasteiger partial charge is 0.481 e. The first-order valence-corrected chi connectivity index (χ1v) is 7.07. The maximum absolute atomic E-state index is 11.1. The number of carbonyl (C=O) groups is 2. The van der Waals surface area contributed by atoms with Crippen molar-refractivity contribution in [2.45, 2.75) is 18.0 Å². The number of hydrogen-bond acceptors (Lipinski definition) is 4. The number of carboxylic acids is 2. The molecule has 0 saturated carbocycles. The normalized spacial score (nSPS) is 12.4. The number of thioether (sulfide) groups is 1. The molecule has 7 heteroatoms. The minimum Gasteiger partial charge on any atom is -0.481 e. The molecule has 1 heterocycles. The molecule has 0 fully saturated rings. The summed E-state index contributed by atoms with van der Waals surface area (Å²) < 4.78 is 0. The predicted molar refractivity (Wildman–Crippen MR) is 74.8 cm³/mol. The Hall–Kier alpha value is -2.02. The number of aromatic nitrogens is 2. The molecule has 0 amide bonds. The van der Waals surface area contributed by atoms with Crippen LogP contribution in [0.5, 0.6) is 0 Å². The molecule has 0 aliphatic rings. The number of imidazole rings is 1. The van der Waals surface area contributed by atoms with Crippen LogP contribution in [0.3, 0.4) is 0 Å². The van der Waals surface area contributed by atoms with Crippen LogP contribution in [0.15, 0.2) is 29.4 Å². The van der Waals surface area contributed by atoms with Gasteiger partial charge in [-0.3, -0.25) is 9.59 Å². The second-order valence-corrected chi connectivity index (χ2v) is 5.35. The molecule has 0 bridgehead atoms. The average molecular weight is 294 g/mol. The molecule has 20 heavy (non-hydrogen) atoms. The van der Waals surface area contributed by atoms with Crippen molar-refractivity contribution in [2.75, 3.05) is 5.75 Å². The minimum atomic E-state index is -0.981. The van der Waals surface area contributed by atoms with Gasteiger partial charge in [-0.2, -0.15) is 0 Å². The second kappa shape index (κ2) is 6.42. The lowest BCUT2D eigenvalue weighted by molar-refractivity contribution is -0.142. The minimum absolute atomic E-state index is 0.123. The Balaban J connectivity index is 1.97. The molecule has 0 aliphatic heterocycles. The number of para-hydroxylation sites is 2. The summed E-state index contributed by atoms with van der Waals surface area (Å²) in [7, 11) is 0. The molecular weight excluding hydrogens is 280 g/mol. The monoisotopic (exact) mass is 294 g/mol. The van der Waals surface area contributed by atoms with Gasteiger partial charge in [-0.05, 0) is 18.6 Å². The molecule has 1 unspecified atom stereocenters. The summed E-state index contributed by atoms with van der Waals surface area (Å²) in [6, 6.07) is 7.53. The zero-order valence-corrected chi connectivity index (χ0v) is 11.4. The maximum atomic E-state index is 11.1. The van der Waals surface area contributed by atoms with E-state index in [0.717, 1.165) is 11.0 Å². The van der Waals surface area contributed by atoms with Crippen LogP contribution in [0.1, 0.15) is 12.8 Å². The molecule has 6 nitrogen and oxygen atoms in total. The molecule has 0 spiro atoms. The van der Waals surface area contributed by atoms with Gasteiger partial charge < -0.3 is 15.2 Å². The number of carboxylic acid groups (broad SMARTS) is 2. The van der Waals surface area contributed by atoms with Crippen molar-refractivity contribution < 1.29 is 19.8 Å². The van der Waals surface area contributed by atoms with Gasteiger partial charge in [-0.25, -0.2) is 4.98 Å². The summed E-state index contributed by atoms with van der Waals surface area (Å²) in [5.74, 6) is -2.35. The lowest BCUT2D eigenvalue weighted by Crippen LogP contribution is -2.17. The zero-order valence-electron chi connectivity index (χ0n) is 10.6. The number of fused-ring (bicyclic) bond motifs is 1. The first-order valence-electron chi connectivity index (χ1n) is 6.08. The first-order chi connectivity index (χ1) is 9.56. The maximum Gasteiger partial charge on any atom is 0.307 e. The van der Waals surface area contributed by atoms with Gasteiger partial charge in [-0.15, -0.1) is 0 Å². The Morgan fingerprint density at radius 2 is 2.05 bits per heavy atom. The van der Waals surface area contributed by atoms with E-state index in [1.807, 2.05) is 24.3 Å². The fourth-order valence-corrected chi connectivity index (χ4v) is 2.77. The Morgan fingerprint density at radius 3 is 2.70 bits per heavy atom. The number of rotatable bonds is 7. The van der Waals surface area contributed by atoms with Crippen LogP contribution in [0.25, 0.3) is 11.0 Å². The van der Waals surface area contributed by atoms with Crippen LogP contribution < -0.4 is 0 Å². The molecular formula is C13H14N2O4S. The van der Waals surface area contributed by atoms with E-state index < -0.39 is 17.9 Å². The topological polar surface area (TPSA) is 103 Å². The molecule has 106 valence electrons. The van der Waals surface area contributed by atoms with Crippen LogP contribution in [-0.4, -0.2) is 37.9 Å². The summed E-state index contributed by atoms with van der Waals surface area (Å²) in [6.07, 6.45) is -0.0183. The van der Waals surface area contributed by atoms with Crippen molar-refractivity contribution in [3.8, 4) is 0 Å². The van der Waals surface area contributed by atoms with E-state index in [9.17, 15) is 9.59 Å². The molecule has 0 radical (unpaired) electrons. The third-order valence-electron chi connectivity index (χ3n) is 2.84. The standard InChI is InChI=1S/C13H14N2O4S/c16-11(17)6-5-8(12(18)19)7-20-13-14-9-3-1-2-4-10(9)15-13/h1-4,8H,5-7H2,(H,14,15)(H,16,17)(H,18,19). The van der Waals surface area contributed by atoms with Gasteiger partial charge in [0.2, 0.25) is 0 Å². The Morgan fingerprint density at radius 1 is 1.30 bits per heavy atom. The van der Waals surface area contributed by atoms with E-state index in [1.54, 1.807) is 0 Å². The van der Waals surface area contributed by atoms with Crippen molar-refractivity contribution in [3.63, 3.8) is 0 Å². The summed E-state index contributed by atoms with van der Waals surface area (Å²) in [4.78, 5) is 29.0. The third-order valence-corrected chi connectivity index (χ3v) is 3.88. The number of H-pyrrole nitrogens is 1. The number of aromatic amines is 1. The Bertz CT molecular complexity index is 593. The van der Waals surface area contributed by atoms with Crippen LogP contribution in [0.4, 0.5) is 0 Å². The summed E-state index contributed by atoms with van der Waals surface area (Å²) in [6.45, 7) is 0. The molecule has 2 rings (SSSR count). The number of hydrogen-bond donors (Lipinski definition) is 3. The highest BCUT2D eigenvalue weighted by atomic mass is 32.2. The lowest BCUT2D eigenvalue weighted by atomic mass is 10.1. The van der Waals surface area contributed by atoms with E-state index in [0.29, 0.717) is 10.9 Å². The quantitative estimate of drug-likeness (QED) is 0.676. The predicted octanol–water partition coefficient (Wildman–Crippen LogP) is 2.22. The Labute approximate surface area is 119 Å². The molecule has 1 aromatic heterocycles. The lowest BCUT2D eigenvalue weighted by Gasteiger charge is -2.09. The van der Waals surface area contributed by atoms with E-state index in [4.69, 9.17) is 10.2 Å². The van der Waals surface area contributed by atoms with Crippen LogP contribution in [0.2, 0.25) is 0 Å². The van der Waals surface area contributed by atoms with Crippen molar-refractivity contribution in [1.29, 1.82) is 0 Å². The van der Waals surface area contributed by atoms with Crippen molar-refractivity contribution in [3.05, 3.63) is 24.3 Å². The fraction of sp³-hybridized carbons (Fsp3) is 0.308. The Kier molecular flexibility index (Phi) is 4.62. The van der Waals surface area contributed by atoms with Crippen LogP contribution in [-0.2, 0) is 9.59 Å². The van der Waals surface area contributed by atoms with Gasteiger partial charge in [0.25, 0.3) is 0 Å². The number of aliphatic carboxylic acids is 2. The zero-order chi connectivity index (χ0) is 14.5. The highest BCUT2D eigenvalue weighted by Gasteiger charge is 2.19. The molecule has 0 aliphatic carbocycles. The average Bonchev–Trinajstić information content (AvgIpc) is 2.80. The number of nitrogens with one attached hydrogen (secondary N) is 1. The second-order valence-electron chi connectivity index (χ2n) is 4.34. The van der Waals surface area contributed by atoms with Crippen molar-refractivity contribution >= 4 is 34.7 Å². The van der Waals surface area contributed by atoms with Crippen LogP contribution in [0, 0.1) is 5.92 Å². The third kappa shape index (κ3) is 3.74. The number of benzene rings is 1. The fourth-order valence-electron chi connectivity index (χ4n) is 1.75. The highest BCUT2D eigenvalue weighted by molar-refractivity contribution is 7.99. The van der Waals surface area contributed by atoms with E-state index in [1.165, 1.54) is 11.8 Å². The summed E-state index contributed by atoms with van der Waals surface area (Å²) in [5.41, 5.74) is 1.72. The summed E-state index contributed by atoms with van der Waals surface area (Å²) >= 11 is 1.29. The van der Waals surface area contributed by atoms with Gasteiger partial charge >= 0.3 is 11.9 Å². The molecule has 1 aromatic carbocycles. The number of nitrogens with zero attached hydrogens (tertiary/aromatic N) is 1. The smallest absolute Gasteiger partial charge is 0.307 e. The SMILES string of the molecule is O=C(O)CCC(CSc1nc2ccccc2[nH]1)C(=O)O. The molecule has 0 saturated heterocycles. The van der Waals surface area contributed by atoms with Crippen LogP contribution >= 0.6 is 11.8 Å².